The number of halogens is 1. The van der Waals surface area contributed by atoms with Gasteiger partial charge in [-0.1, -0.05) is 35.8 Å². The van der Waals surface area contributed by atoms with Crippen molar-refractivity contribution in [3.63, 3.8) is 0 Å². The standard InChI is InChI=1S/C18H20BrN3O2/c1-12(2)6-7-21-17(23)13-8-14(11-20-10-13)18(24)22-16-5-3-4-15(19)9-16/h3-5,8-12H,6-7H2,1-2H3,(H,21,23)(H,22,24). The summed E-state index contributed by atoms with van der Waals surface area (Å²) in [6, 6.07) is 8.84. The zero-order valence-electron chi connectivity index (χ0n) is 13.7. The maximum Gasteiger partial charge on any atom is 0.257 e. The number of carbonyl (C=O) groups excluding carboxylic acids is 2. The molecule has 0 aliphatic carbocycles. The van der Waals surface area contributed by atoms with E-state index in [1.54, 1.807) is 18.2 Å². The van der Waals surface area contributed by atoms with Crippen LogP contribution in [0.25, 0.3) is 0 Å². The summed E-state index contributed by atoms with van der Waals surface area (Å²) in [5, 5.41) is 5.62. The Balaban J connectivity index is 2.03. The molecule has 0 aliphatic heterocycles. The first-order chi connectivity index (χ1) is 11.5. The Kier molecular flexibility index (Phi) is 6.49. The molecule has 0 radical (unpaired) electrons. The predicted molar refractivity (Wildman–Crippen MR) is 98.1 cm³/mol. The number of hydrogen-bond acceptors (Lipinski definition) is 3. The first-order valence-electron chi connectivity index (χ1n) is 7.76. The van der Waals surface area contributed by atoms with Crippen molar-refractivity contribution in [1.82, 2.24) is 10.3 Å². The number of aromatic nitrogens is 1. The fourth-order valence-electron chi connectivity index (χ4n) is 2.03. The largest absolute Gasteiger partial charge is 0.352 e. The number of carbonyl (C=O) groups is 2. The van der Waals surface area contributed by atoms with E-state index in [-0.39, 0.29) is 11.8 Å². The summed E-state index contributed by atoms with van der Waals surface area (Å²) >= 11 is 3.36. The number of anilines is 1. The monoisotopic (exact) mass is 389 g/mol. The Hall–Kier alpha value is -2.21. The highest BCUT2D eigenvalue weighted by molar-refractivity contribution is 9.10. The third-order valence-corrected chi connectivity index (χ3v) is 3.85. The van der Waals surface area contributed by atoms with Crippen LogP contribution >= 0.6 is 15.9 Å². The van der Waals surface area contributed by atoms with Crippen LogP contribution in [0.2, 0.25) is 0 Å². The van der Waals surface area contributed by atoms with Crippen molar-refractivity contribution in [2.75, 3.05) is 11.9 Å². The zero-order valence-corrected chi connectivity index (χ0v) is 15.3. The van der Waals surface area contributed by atoms with Crippen molar-refractivity contribution in [2.45, 2.75) is 20.3 Å². The number of hydrogen-bond donors (Lipinski definition) is 2. The van der Waals surface area contributed by atoms with E-state index >= 15 is 0 Å². The van der Waals surface area contributed by atoms with Crippen molar-refractivity contribution >= 4 is 33.4 Å². The summed E-state index contributed by atoms with van der Waals surface area (Å²) < 4.78 is 0.872. The maximum absolute atomic E-state index is 12.3. The summed E-state index contributed by atoms with van der Waals surface area (Å²) in [5.74, 6) is -0.0107. The lowest BCUT2D eigenvalue weighted by atomic mass is 10.1. The van der Waals surface area contributed by atoms with E-state index in [1.807, 2.05) is 12.1 Å². The summed E-state index contributed by atoms with van der Waals surface area (Å²) in [6.45, 7) is 4.80. The lowest BCUT2D eigenvalue weighted by Gasteiger charge is -2.09. The van der Waals surface area contributed by atoms with Crippen molar-refractivity contribution in [1.29, 1.82) is 0 Å². The van der Waals surface area contributed by atoms with Crippen LogP contribution in [0.4, 0.5) is 5.69 Å². The fraction of sp³-hybridized carbons (Fsp3) is 0.278. The molecular weight excluding hydrogens is 370 g/mol. The number of benzene rings is 1. The third kappa shape index (κ3) is 5.45. The van der Waals surface area contributed by atoms with Gasteiger partial charge in [-0.3, -0.25) is 14.6 Å². The molecule has 2 N–H and O–H groups in total. The molecule has 2 rings (SSSR count). The topological polar surface area (TPSA) is 71.1 Å². The van der Waals surface area contributed by atoms with E-state index in [2.05, 4.69) is 45.4 Å². The number of nitrogens with zero attached hydrogens (tertiary/aromatic N) is 1. The first kappa shape index (κ1) is 18.1. The van der Waals surface area contributed by atoms with E-state index in [4.69, 9.17) is 0 Å². The van der Waals surface area contributed by atoms with Gasteiger partial charge in [0.15, 0.2) is 0 Å². The maximum atomic E-state index is 12.3. The SMILES string of the molecule is CC(C)CCNC(=O)c1cncc(C(=O)Nc2cccc(Br)c2)c1. The second kappa shape index (κ2) is 8.59. The second-order valence-corrected chi connectivity index (χ2v) is 6.78. The molecule has 2 amide bonds. The van der Waals surface area contributed by atoms with Gasteiger partial charge in [-0.15, -0.1) is 0 Å². The normalized spacial score (nSPS) is 10.5. The van der Waals surface area contributed by atoms with E-state index in [9.17, 15) is 9.59 Å². The van der Waals surface area contributed by atoms with Gasteiger partial charge in [0.2, 0.25) is 0 Å². The number of pyridine rings is 1. The average Bonchev–Trinajstić information content (AvgIpc) is 2.54. The van der Waals surface area contributed by atoms with Gasteiger partial charge in [-0.05, 0) is 36.6 Å². The van der Waals surface area contributed by atoms with Crippen LogP contribution in [0, 0.1) is 5.92 Å². The molecule has 126 valence electrons. The molecule has 0 spiro atoms. The Bertz CT molecular complexity index is 732. The molecular formula is C18H20BrN3O2. The molecule has 1 heterocycles. The molecule has 0 atom stereocenters. The summed E-state index contributed by atoms with van der Waals surface area (Å²) in [7, 11) is 0. The van der Waals surface area contributed by atoms with Crippen molar-refractivity contribution < 1.29 is 9.59 Å². The van der Waals surface area contributed by atoms with Gasteiger partial charge in [0.25, 0.3) is 11.8 Å². The van der Waals surface area contributed by atoms with Crippen LogP contribution < -0.4 is 10.6 Å². The second-order valence-electron chi connectivity index (χ2n) is 5.87. The first-order valence-corrected chi connectivity index (χ1v) is 8.55. The molecule has 0 fully saturated rings. The average molecular weight is 390 g/mol. The van der Waals surface area contributed by atoms with E-state index in [0.29, 0.717) is 29.3 Å². The number of nitrogens with one attached hydrogen (secondary N) is 2. The smallest absolute Gasteiger partial charge is 0.257 e. The Morgan fingerprint density at radius 3 is 2.50 bits per heavy atom. The van der Waals surface area contributed by atoms with Crippen LogP contribution in [0.15, 0.2) is 47.2 Å². The minimum absolute atomic E-state index is 0.222. The molecule has 1 aromatic carbocycles. The fourth-order valence-corrected chi connectivity index (χ4v) is 2.43. The van der Waals surface area contributed by atoms with Crippen molar-refractivity contribution in [3.05, 3.63) is 58.3 Å². The van der Waals surface area contributed by atoms with Crippen molar-refractivity contribution in [3.8, 4) is 0 Å². The molecule has 0 saturated heterocycles. The Morgan fingerprint density at radius 1 is 1.12 bits per heavy atom. The highest BCUT2D eigenvalue weighted by atomic mass is 79.9. The lowest BCUT2D eigenvalue weighted by Crippen LogP contribution is -2.26. The van der Waals surface area contributed by atoms with Crippen molar-refractivity contribution in [2.24, 2.45) is 5.92 Å². The van der Waals surface area contributed by atoms with Gasteiger partial charge in [-0.25, -0.2) is 0 Å². The van der Waals surface area contributed by atoms with Crippen LogP contribution in [-0.2, 0) is 0 Å². The van der Waals surface area contributed by atoms with Crippen LogP contribution in [0.3, 0.4) is 0 Å². The molecule has 24 heavy (non-hydrogen) atoms. The summed E-state index contributed by atoms with van der Waals surface area (Å²) in [4.78, 5) is 28.4. The van der Waals surface area contributed by atoms with Crippen LogP contribution in [-0.4, -0.2) is 23.3 Å². The molecule has 0 saturated carbocycles. The highest BCUT2D eigenvalue weighted by Crippen LogP contribution is 2.16. The minimum Gasteiger partial charge on any atom is -0.352 e. The van der Waals surface area contributed by atoms with E-state index in [1.165, 1.54) is 12.4 Å². The van der Waals surface area contributed by atoms with Gasteiger partial charge < -0.3 is 10.6 Å². The highest BCUT2D eigenvalue weighted by Gasteiger charge is 2.11. The molecule has 2 aromatic rings. The van der Waals surface area contributed by atoms with E-state index in [0.717, 1.165) is 10.9 Å². The zero-order chi connectivity index (χ0) is 17.5. The predicted octanol–water partition coefficient (Wildman–Crippen LogP) is 3.87. The quantitative estimate of drug-likeness (QED) is 0.787. The number of amides is 2. The van der Waals surface area contributed by atoms with Gasteiger partial charge >= 0.3 is 0 Å². The molecule has 5 nitrogen and oxygen atoms in total. The summed E-state index contributed by atoms with van der Waals surface area (Å²) in [5.41, 5.74) is 1.38. The molecule has 6 heteroatoms. The molecule has 0 bridgehead atoms. The van der Waals surface area contributed by atoms with Gasteiger partial charge in [0, 0.05) is 29.1 Å². The lowest BCUT2D eigenvalue weighted by molar-refractivity contribution is 0.0951. The third-order valence-electron chi connectivity index (χ3n) is 3.35. The summed E-state index contributed by atoms with van der Waals surface area (Å²) in [6.07, 6.45) is 3.81. The molecule has 0 unspecified atom stereocenters. The van der Waals surface area contributed by atoms with Crippen LogP contribution in [0.5, 0.6) is 0 Å². The number of rotatable bonds is 6. The van der Waals surface area contributed by atoms with E-state index < -0.39 is 0 Å². The van der Waals surface area contributed by atoms with Gasteiger partial charge in [-0.2, -0.15) is 0 Å². The van der Waals surface area contributed by atoms with Gasteiger partial charge in [0.05, 0.1) is 11.1 Å². The van der Waals surface area contributed by atoms with Gasteiger partial charge in [0.1, 0.15) is 0 Å². The van der Waals surface area contributed by atoms with Crippen LogP contribution in [0.1, 0.15) is 41.0 Å². The molecule has 1 aromatic heterocycles. The Morgan fingerprint density at radius 2 is 1.83 bits per heavy atom. The molecule has 0 aliphatic rings. The Labute approximate surface area is 150 Å². The minimum atomic E-state index is -0.308.